The Bertz CT molecular complexity index is 824. The summed E-state index contributed by atoms with van der Waals surface area (Å²) in [6.45, 7) is 5.66. The van der Waals surface area contributed by atoms with Crippen LogP contribution < -0.4 is 0 Å². The second-order valence-corrected chi connectivity index (χ2v) is 5.05. The third-order valence-corrected chi connectivity index (χ3v) is 3.79. The van der Waals surface area contributed by atoms with Gasteiger partial charge in [0.1, 0.15) is 5.58 Å². The number of nitrogens with zero attached hydrogens (tertiary/aromatic N) is 2. The zero-order valence-corrected chi connectivity index (χ0v) is 12.0. The van der Waals surface area contributed by atoms with Crippen molar-refractivity contribution in [2.45, 2.75) is 20.8 Å². The normalized spacial score (nSPS) is 11.2. The summed E-state index contributed by atoms with van der Waals surface area (Å²) in [5.74, 6) is 0.312. The predicted octanol–water partition coefficient (Wildman–Crippen LogP) is 3.32. The van der Waals surface area contributed by atoms with Gasteiger partial charge in [-0.1, -0.05) is 18.2 Å². The van der Waals surface area contributed by atoms with Crippen molar-refractivity contribution in [2.24, 2.45) is 7.05 Å². The van der Waals surface area contributed by atoms with Crippen molar-refractivity contribution in [2.75, 3.05) is 0 Å². The van der Waals surface area contributed by atoms with Gasteiger partial charge in [-0.2, -0.15) is 5.10 Å². The summed E-state index contributed by atoms with van der Waals surface area (Å²) in [4.78, 5) is 12.7. The van der Waals surface area contributed by atoms with Gasteiger partial charge < -0.3 is 4.42 Å². The summed E-state index contributed by atoms with van der Waals surface area (Å²) in [5.41, 5.74) is 3.85. The van der Waals surface area contributed by atoms with E-state index in [0.29, 0.717) is 11.3 Å². The van der Waals surface area contributed by atoms with Crippen LogP contribution in [0.2, 0.25) is 0 Å². The fourth-order valence-electron chi connectivity index (χ4n) is 2.61. The number of aryl methyl sites for hydroxylation is 3. The maximum absolute atomic E-state index is 12.7. The van der Waals surface area contributed by atoms with Crippen molar-refractivity contribution in [3.05, 3.63) is 52.5 Å². The van der Waals surface area contributed by atoms with E-state index in [1.54, 1.807) is 4.68 Å². The maximum atomic E-state index is 12.7. The van der Waals surface area contributed by atoms with Crippen molar-refractivity contribution < 1.29 is 9.21 Å². The van der Waals surface area contributed by atoms with Crippen LogP contribution in [0.1, 0.15) is 33.1 Å². The molecule has 0 N–H and O–H groups in total. The SMILES string of the molecule is Cc1nn(C)c(C)c1C(=O)c1oc2ccccc2c1C. The van der Waals surface area contributed by atoms with Gasteiger partial charge in [0.2, 0.25) is 5.78 Å². The number of para-hydroxylation sites is 1. The van der Waals surface area contributed by atoms with E-state index in [1.165, 1.54) is 0 Å². The van der Waals surface area contributed by atoms with Gasteiger partial charge >= 0.3 is 0 Å². The number of benzene rings is 1. The topological polar surface area (TPSA) is 48.0 Å². The van der Waals surface area contributed by atoms with E-state index >= 15 is 0 Å². The zero-order valence-electron chi connectivity index (χ0n) is 12.0. The van der Waals surface area contributed by atoms with Gasteiger partial charge in [-0.15, -0.1) is 0 Å². The first kappa shape index (κ1) is 12.7. The fraction of sp³-hybridized carbons (Fsp3) is 0.250. The molecule has 0 unspecified atom stereocenters. The molecule has 4 nitrogen and oxygen atoms in total. The van der Waals surface area contributed by atoms with Crippen molar-refractivity contribution in [1.29, 1.82) is 0 Å². The summed E-state index contributed by atoms with van der Waals surface area (Å²) >= 11 is 0. The number of hydrogen-bond acceptors (Lipinski definition) is 3. The molecule has 0 atom stereocenters. The first-order chi connectivity index (χ1) is 9.50. The van der Waals surface area contributed by atoms with Crippen molar-refractivity contribution in [1.82, 2.24) is 9.78 Å². The van der Waals surface area contributed by atoms with Gasteiger partial charge in [0, 0.05) is 23.7 Å². The van der Waals surface area contributed by atoms with Gasteiger partial charge in [-0.05, 0) is 26.8 Å². The minimum absolute atomic E-state index is 0.0956. The monoisotopic (exact) mass is 268 g/mol. The summed E-state index contributed by atoms with van der Waals surface area (Å²) in [6, 6.07) is 7.69. The molecule has 1 aromatic carbocycles. The third-order valence-electron chi connectivity index (χ3n) is 3.79. The summed E-state index contributed by atoms with van der Waals surface area (Å²) < 4.78 is 7.47. The van der Waals surface area contributed by atoms with Crippen LogP contribution in [0.5, 0.6) is 0 Å². The summed E-state index contributed by atoms with van der Waals surface area (Å²) in [6.07, 6.45) is 0. The first-order valence-electron chi connectivity index (χ1n) is 6.53. The molecule has 20 heavy (non-hydrogen) atoms. The van der Waals surface area contributed by atoms with E-state index in [-0.39, 0.29) is 5.78 Å². The van der Waals surface area contributed by atoms with Crippen LogP contribution in [0.25, 0.3) is 11.0 Å². The fourth-order valence-corrected chi connectivity index (χ4v) is 2.61. The van der Waals surface area contributed by atoms with E-state index in [0.717, 1.165) is 27.9 Å². The number of rotatable bonds is 2. The van der Waals surface area contributed by atoms with Crippen LogP contribution in [0.4, 0.5) is 0 Å². The average Bonchev–Trinajstić information content (AvgIpc) is 2.88. The molecule has 0 spiro atoms. The highest BCUT2D eigenvalue weighted by Crippen LogP contribution is 2.28. The van der Waals surface area contributed by atoms with E-state index in [4.69, 9.17) is 4.42 Å². The molecule has 0 aliphatic heterocycles. The molecule has 0 fully saturated rings. The molecular formula is C16H16N2O2. The average molecular weight is 268 g/mol. The first-order valence-corrected chi connectivity index (χ1v) is 6.53. The van der Waals surface area contributed by atoms with E-state index in [9.17, 15) is 4.79 Å². The summed E-state index contributed by atoms with van der Waals surface area (Å²) in [5, 5.41) is 5.28. The van der Waals surface area contributed by atoms with Gasteiger partial charge in [-0.25, -0.2) is 0 Å². The molecule has 2 heterocycles. The molecule has 4 heteroatoms. The zero-order chi connectivity index (χ0) is 14.4. The van der Waals surface area contributed by atoms with Gasteiger partial charge in [0.15, 0.2) is 5.76 Å². The van der Waals surface area contributed by atoms with Crippen LogP contribution in [-0.2, 0) is 7.05 Å². The highest BCUT2D eigenvalue weighted by molar-refractivity contribution is 6.11. The smallest absolute Gasteiger partial charge is 0.232 e. The van der Waals surface area contributed by atoms with Crippen LogP contribution in [-0.4, -0.2) is 15.6 Å². The number of aromatic nitrogens is 2. The van der Waals surface area contributed by atoms with Crippen LogP contribution in [0.3, 0.4) is 0 Å². The number of fused-ring (bicyclic) bond motifs is 1. The Morgan fingerprint density at radius 3 is 2.50 bits per heavy atom. The standard InChI is InChI=1S/C16H16N2O2/c1-9-12-7-5-6-8-13(12)20-16(9)15(19)14-10(2)17-18(4)11(14)3/h5-8H,1-4H3. The molecule has 0 aliphatic rings. The minimum Gasteiger partial charge on any atom is -0.452 e. The molecule has 2 aromatic heterocycles. The highest BCUT2D eigenvalue weighted by atomic mass is 16.3. The highest BCUT2D eigenvalue weighted by Gasteiger charge is 2.24. The Morgan fingerprint density at radius 2 is 1.90 bits per heavy atom. The van der Waals surface area contributed by atoms with E-state index < -0.39 is 0 Å². The van der Waals surface area contributed by atoms with Crippen molar-refractivity contribution in [3.8, 4) is 0 Å². The number of furan rings is 1. The van der Waals surface area contributed by atoms with Gasteiger partial charge in [0.05, 0.1) is 11.3 Å². The maximum Gasteiger partial charge on any atom is 0.232 e. The molecule has 0 bridgehead atoms. The second-order valence-electron chi connectivity index (χ2n) is 5.05. The summed E-state index contributed by atoms with van der Waals surface area (Å²) in [7, 11) is 1.84. The molecule has 0 amide bonds. The number of ketones is 1. The van der Waals surface area contributed by atoms with Crippen LogP contribution in [0.15, 0.2) is 28.7 Å². The Hall–Kier alpha value is -2.36. The van der Waals surface area contributed by atoms with Crippen LogP contribution in [0, 0.1) is 20.8 Å². The third kappa shape index (κ3) is 1.68. The van der Waals surface area contributed by atoms with Gasteiger partial charge in [0.25, 0.3) is 0 Å². The molecule has 3 rings (SSSR count). The van der Waals surface area contributed by atoms with E-state index in [2.05, 4.69) is 5.10 Å². The van der Waals surface area contributed by atoms with E-state index in [1.807, 2.05) is 52.1 Å². The van der Waals surface area contributed by atoms with Crippen LogP contribution >= 0.6 is 0 Å². The quantitative estimate of drug-likeness (QED) is 0.670. The Balaban J connectivity index is 2.20. The number of hydrogen-bond donors (Lipinski definition) is 0. The Morgan fingerprint density at radius 1 is 1.20 bits per heavy atom. The Labute approximate surface area is 117 Å². The predicted molar refractivity (Wildman–Crippen MR) is 77.1 cm³/mol. The van der Waals surface area contributed by atoms with Crippen molar-refractivity contribution >= 4 is 16.8 Å². The minimum atomic E-state index is -0.0956. The second kappa shape index (κ2) is 4.34. The lowest BCUT2D eigenvalue weighted by Crippen LogP contribution is -2.05. The molecule has 0 aliphatic carbocycles. The molecular weight excluding hydrogens is 252 g/mol. The molecule has 0 saturated heterocycles. The lowest BCUT2D eigenvalue weighted by Gasteiger charge is -2.00. The van der Waals surface area contributed by atoms with Crippen molar-refractivity contribution in [3.63, 3.8) is 0 Å². The molecule has 0 saturated carbocycles. The molecule has 0 radical (unpaired) electrons. The Kier molecular flexibility index (Phi) is 2.74. The number of carbonyl (C=O) groups excluding carboxylic acids is 1. The largest absolute Gasteiger partial charge is 0.452 e. The number of carbonyl (C=O) groups is 1. The lowest BCUT2D eigenvalue weighted by atomic mass is 10.0. The van der Waals surface area contributed by atoms with Gasteiger partial charge in [-0.3, -0.25) is 9.48 Å². The lowest BCUT2D eigenvalue weighted by molar-refractivity contribution is 0.101. The molecule has 102 valence electrons. The molecule has 3 aromatic rings.